The lowest BCUT2D eigenvalue weighted by molar-refractivity contribution is -0.165. The normalized spacial score (nSPS) is 23.1. The lowest BCUT2D eigenvalue weighted by Crippen LogP contribution is -2.53. The van der Waals surface area contributed by atoms with Gasteiger partial charge >= 0.3 is 11.9 Å². The van der Waals surface area contributed by atoms with Crippen LogP contribution < -0.4 is 10.6 Å². The third-order valence-corrected chi connectivity index (χ3v) is 5.71. The maximum Gasteiger partial charge on any atom is 0.309 e. The molecule has 1 aliphatic carbocycles. The van der Waals surface area contributed by atoms with Crippen LogP contribution in [0.15, 0.2) is 42.5 Å². The van der Waals surface area contributed by atoms with E-state index in [0.29, 0.717) is 5.11 Å². The highest BCUT2D eigenvalue weighted by atomic mass is 32.1. The first-order valence-corrected chi connectivity index (χ1v) is 10.9. The van der Waals surface area contributed by atoms with Crippen molar-refractivity contribution in [2.24, 2.45) is 11.8 Å². The number of thiocarbonyl (C=S) groups is 1. The lowest BCUT2D eigenvalue weighted by Gasteiger charge is -2.37. The van der Waals surface area contributed by atoms with Crippen LogP contribution in [0.5, 0.6) is 0 Å². The van der Waals surface area contributed by atoms with E-state index in [2.05, 4.69) is 10.6 Å². The van der Waals surface area contributed by atoms with Crippen molar-refractivity contribution >= 4 is 45.7 Å². The molecular formula is C23H28N2O5S. The number of esters is 2. The van der Waals surface area contributed by atoms with Crippen molar-refractivity contribution in [1.29, 1.82) is 0 Å². The van der Waals surface area contributed by atoms with Crippen molar-refractivity contribution in [2.75, 3.05) is 18.5 Å². The van der Waals surface area contributed by atoms with E-state index < -0.39 is 35.9 Å². The second-order valence-corrected chi connectivity index (χ2v) is 7.90. The lowest BCUT2D eigenvalue weighted by atomic mass is 9.75. The Labute approximate surface area is 187 Å². The van der Waals surface area contributed by atoms with E-state index in [-0.39, 0.29) is 26.1 Å². The van der Waals surface area contributed by atoms with Crippen LogP contribution in [0, 0.1) is 11.8 Å². The van der Waals surface area contributed by atoms with Gasteiger partial charge in [-0.3, -0.25) is 9.59 Å². The van der Waals surface area contributed by atoms with Crippen LogP contribution in [0.4, 0.5) is 5.69 Å². The Morgan fingerprint density at radius 3 is 2.29 bits per heavy atom. The Hall–Kier alpha value is -2.71. The second kappa shape index (κ2) is 10.5. The summed E-state index contributed by atoms with van der Waals surface area (Å²) < 4.78 is 10.3. The van der Waals surface area contributed by atoms with Crippen molar-refractivity contribution < 1.29 is 24.2 Å². The Balaban J connectivity index is 1.72. The molecule has 8 heteroatoms. The predicted molar refractivity (Wildman–Crippen MR) is 123 cm³/mol. The van der Waals surface area contributed by atoms with E-state index in [4.69, 9.17) is 21.7 Å². The smallest absolute Gasteiger partial charge is 0.309 e. The highest BCUT2D eigenvalue weighted by Crippen LogP contribution is 2.33. The minimum Gasteiger partial charge on any atom is -0.466 e. The third kappa shape index (κ3) is 5.51. The van der Waals surface area contributed by atoms with Gasteiger partial charge in [-0.1, -0.05) is 36.4 Å². The fourth-order valence-electron chi connectivity index (χ4n) is 4.02. The Morgan fingerprint density at radius 1 is 1.00 bits per heavy atom. The molecule has 1 aliphatic rings. The Bertz CT molecular complexity index is 945. The Kier molecular flexibility index (Phi) is 7.81. The summed E-state index contributed by atoms with van der Waals surface area (Å²) in [4.78, 5) is 24.9. The first-order valence-electron chi connectivity index (χ1n) is 10.5. The van der Waals surface area contributed by atoms with Crippen molar-refractivity contribution in [2.45, 2.75) is 38.8 Å². The number of anilines is 1. The maximum absolute atomic E-state index is 12.5. The molecule has 0 aromatic heterocycles. The number of hydrogen-bond acceptors (Lipinski definition) is 6. The molecule has 1 saturated carbocycles. The molecule has 0 heterocycles. The SMILES string of the molecule is CCOC(=O)[C@@H]1C[C@@H](O)[C@H](NC(=S)Nc2cccc3ccccc23)C[C@H]1C(=O)OCC. The van der Waals surface area contributed by atoms with Gasteiger partial charge in [0.15, 0.2) is 5.11 Å². The van der Waals surface area contributed by atoms with Gasteiger partial charge in [-0.2, -0.15) is 0 Å². The number of nitrogens with one attached hydrogen (secondary N) is 2. The highest BCUT2D eigenvalue weighted by molar-refractivity contribution is 7.80. The summed E-state index contributed by atoms with van der Waals surface area (Å²) in [6.07, 6.45) is -0.565. The van der Waals surface area contributed by atoms with Crippen LogP contribution in [-0.2, 0) is 19.1 Å². The van der Waals surface area contributed by atoms with Crippen LogP contribution in [-0.4, -0.2) is 47.5 Å². The van der Waals surface area contributed by atoms with Gasteiger partial charge in [0.2, 0.25) is 0 Å². The third-order valence-electron chi connectivity index (χ3n) is 5.49. The molecule has 166 valence electrons. The minimum absolute atomic E-state index is 0.0941. The number of benzene rings is 2. The fraction of sp³-hybridized carbons (Fsp3) is 0.435. The topological polar surface area (TPSA) is 96.9 Å². The monoisotopic (exact) mass is 444 g/mol. The van der Waals surface area contributed by atoms with Gasteiger partial charge in [-0.25, -0.2) is 0 Å². The average molecular weight is 445 g/mol. The summed E-state index contributed by atoms with van der Waals surface area (Å²) in [6.45, 7) is 3.85. The number of fused-ring (bicyclic) bond motifs is 1. The van der Waals surface area contributed by atoms with Gasteiger partial charge in [-0.15, -0.1) is 0 Å². The number of carbonyl (C=O) groups excluding carboxylic acids is 2. The maximum atomic E-state index is 12.5. The quantitative estimate of drug-likeness (QED) is 0.462. The largest absolute Gasteiger partial charge is 0.466 e. The number of rotatable bonds is 6. The van der Waals surface area contributed by atoms with E-state index >= 15 is 0 Å². The van der Waals surface area contributed by atoms with Crippen molar-refractivity contribution in [1.82, 2.24) is 5.32 Å². The zero-order valence-corrected chi connectivity index (χ0v) is 18.5. The molecule has 4 atom stereocenters. The van der Waals surface area contributed by atoms with Crippen LogP contribution in [0.1, 0.15) is 26.7 Å². The molecule has 3 N–H and O–H groups in total. The van der Waals surface area contributed by atoms with Crippen LogP contribution >= 0.6 is 12.2 Å². The van der Waals surface area contributed by atoms with Gasteiger partial charge in [0.25, 0.3) is 0 Å². The molecule has 0 amide bonds. The van der Waals surface area contributed by atoms with E-state index in [0.717, 1.165) is 16.5 Å². The molecule has 3 rings (SSSR count). The van der Waals surface area contributed by atoms with Crippen molar-refractivity contribution in [3.63, 3.8) is 0 Å². The average Bonchev–Trinajstić information content (AvgIpc) is 2.75. The summed E-state index contributed by atoms with van der Waals surface area (Å²) >= 11 is 5.47. The zero-order chi connectivity index (χ0) is 22.4. The molecule has 0 spiro atoms. The first kappa shape index (κ1) is 23.0. The molecular weight excluding hydrogens is 416 g/mol. The molecule has 0 radical (unpaired) electrons. The number of aliphatic hydroxyl groups is 1. The van der Waals surface area contributed by atoms with Gasteiger partial charge in [-0.05, 0) is 50.4 Å². The second-order valence-electron chi connectivity index (χ2n) is 7.49. The Morgan fingerprint density at radius 2 is 1.61 bits per heavy atom. The number of aliphatic hydroxyl groups excluding tert-OH is 1. The molecule has 7 nitrogen and oxygen atoms in total. The van der Waals surface area contributed by atoms with E-state index in [1.807, 2.05) is 42.5 Å². The van der Waals surface area contributed by atoms with Gasteiger partial charge in [0.05, 0.1) is 37.2 Å². The summed E-state index contributed by atoms with van der Waals surface area (Å²) in [6, 6.07) is 13.3. The van der Waals surface area contributed by atoms with Crippen LogP contribution in [0.2, 0.25) is 0 Å². The minimum atomic E-state index is -0.868. The molecule has 31 heavy (non-hydrogen) atoms. The van der Waals surface area contributed by atoms with Crippen molar-refractivity contribution in [3.8, 4) is 0 Å². The molecule has 0 bridgehead atoms. The molecule has 2 aromatic carbocycles. The summed E-state index contributed by atoms with van der Waals surface area (Å²) in [5, 5.41) is 19.4. The molecule has 2 aromatic rings. The highest BCUT2D eigenvalue weighted by Gasteiger charge is 2.45. The van der Waals surface area contributed by atoms with Gasteiger partial charge in [0.1, 0.15) is 0 Å². The molecule has 1 fully saturated rings. The van der Waals surface area contributed by atoms with E-state index in [1.165, 1.54) is 0 Å². The summed E-state index contributed by atoms with van der Waals surface area (Å²) in [5.41, 5.74) is 0.840. The van der Waals surface area contributed by atoms with Crippen molar-refractivity contribution in [3.05, 3.63) is 42.5 Å². The standard InChI is InChI=1S/C23H28N2O5S/c1-3-29-21(27)16-12-19(20(26)13-17(16)22(28)30-4-2)25-23(31)24-18-11-7-9-14-8-5-6-10-15(14)18/h5-11,16-17,19-20,26H,3-4,12-13H2,1-2H3,(H2,24,25,31)/t16-,17-,19-,20-/m1/s1. The number of ether oxygens (including phenoxy) is 2. The molecule has 0 saturated heterocycles. The molecule has 0 unspecified atom stereocenters. The van der Waals surface area contributed by atoms with E-state index in [1.54, 1.807) is 13.8 Å². The number of carbonyl (C=O) groups is 2. The summed E-state index contributed by atoms with van der Waals surface area (Å²) in [7, 11) is 0. The first-order chi connectivity index (χ1) is 14.9. The van der Waals surface area contributed by atoms with Crippen LogP contribution in [0.3, 0.4) is 0 Å². The zero-order valence-electron chi connectivity index (χ0n) is 17.7. The van der Waals surface area contributed by atoms with Crippen LogP contribution in [0.25, 0.3) is 10.8 Å². The van der Waals surface area contributed by atoms with Gasteiger partial charge in [0, 0.05) is 11.1 Å². The molecule has 0 aliphatic heterocycles. The number of hydrogen-bond donors (Lipinski definition) is 3. The van der Waals surface area contributed by atoms with E-state index in [9.17, 15) is 14.7 Å². The van der Waals surface area contributed by atoms with Gasteiger partial charge < -0.3 is 25.2 Å². The summed E-state index contributed by atoms with van der Waals surface area (Å²) in [5.74, 6) is -2.41. The predicted octanol–water partition coefficient (Wildman–Crippen LogP) is 3.01. The fourth-order valence-corrected chi connectivity index (χ4v) is 4.28.